The van der Waals surface area contributed by atoms with Crippen LogP contribution in [-0.4, -0.2) is 21.6 Å². The van der Waals surface area contributed by atoms with Crippen LogP contribution >= 0.6 is 22.9 Å². The molecule has 5 nitrogen and oxygen atoms in total. The molecule has 0 unspecified atom stereocenters. The van der Waals surface area contributed by atoms with E-state index in [-0.39, 0.29) is 5.75 Å². The fraction of sp³-hybridized carbons (Fsp3) is 0.0417. The largest absolute Gasteiger partial charge is 0.507 e. The standard InChI is InChI=1S/C24H17ClN4OS/c1-15-19(13-16-7-2-4-11-21(16)30)23(29(28-15)18-9-6-8-17(25)14-18)27-24-26-20-10-3-5-12-22(20)31-24/h2-14,30H,1H3/b19-13-,27-23+. The lowest BCUT2D eigenvalue weighted by atomic mass is 10.1. The highest BCUT2D eigenvalue weighted by Crippen LogP contribution is 2.33. The van der Waals surface area contributed by atoms with Crippen LogP contribution in [0.3, 0.4) is 0 Å². The Morgan fingerprint density at radius 1 is 1.03 bits per heavy atom. The second-order valence-electron chi connectivity index (χ2n) is 6.99. The van der Waals surface area contributed by atoms with Gasteiger partial charge in [0.05, 0.1) is 21.6 Å². The van der Waals surface area contributed by atoms with Crippen molar-refractivity contribution in [2.75, 3.05) is 5.01 Å². The van der Waals surface area contributed by atoms with E-state index < -0.39 is 0 Å². The first-order valence-electron chi connectivity index (χ1n) is 9.64. The van der Waals surface area contributed by atoms with Crippen LogP contribution in [0.15, 0.2) is 88.5 Å². The van der Waals surface area contributed by atoms with Gasteiger partial charge in [-0.2, -0.15) is 10.1 Å². The number of phenols is 1. The summed E-state index contributed by atoms with van der Waals surface area (Å²) in [4.78, 5) is 9.54. The molecule has 7 heteroatoms. The average molecular weight is 445 g/mol. The van der Waals surface area contributed by atoms with Crippen LogP contribution in [0.1, 0.15) is 12.5 Å². The van der Waals surface area contributed by atoms with Gasteiger partial charge >= 0.3 is 0 Å². The van der Waals surface area contributed by atoms with Crippen molar-refractivity contribution in [3.63, 3.8) is 0 Å². The number of aromatic hydroxyl groups is 1. The number of halogens is 1. The first-order chi connectivity index (χ1) is 15.1. The van der Waals surface area contributed by atoms with Gasteiger partial charge < -0.3 is 5.11 Å². The summed E-state index contributed by atoms with van der Waals surface area (Å²) >= 11 is 7.75. The second-order valence-corrected chi connectivity index (χ2v) is 8.44. The molecule has 0 aliphatic carbocycles. The van der Waals surface area contributed by atoms with Crippen LogP contribution in [0.2, 0.25) is 5.02 Å². The van der Waals surface area contributed by atoms with E-state index in [0.29, 0.717) is 21.6 Å². The zero-order valence-electron chi connectivity index (χ0n) is 16.5. The molecule has 0 atom stereocenters. The lowest BCUT2D eigenvalue weighted by Crippen LogP contribution is -2.21. The first-order valence-corrected chi connectivity index (χ1v) is 10.8. The lowest BCUT2D eigenvalue weighted by molar-refractivity contribution is 0.474. The number of rotatable bonds is 3. The molecule has 4 aromatic rings. The number of benzene rings is 3. The van der Waals surface area contributed by atoms with Gasteiger partial charge in [0.1, 0.15) is 5.75 Å². The quantitative estimate of drug-likeness (QED) is 0.384. The summed E-state index contributed by atoms with van der Waals surface area (Å²) in [6, 6.07) is 22.6. The van der Waals surface area contributed by atoms with Crippen molar-refractivity contribution in [3.05, 3.63) is 89.0 Å². The van der Waals surface area contributed by atoms with E-state index in [0.717, 1.165) is 27.2 Å². The van der Waals surface area contributed by atoms with Crippen molar-refractivity contribution in [3.8, 4) is 5.75 Å². The van der Waals surface area contributed by atoms with Gasteiger partial charge in [-0.05, 0) is 49.4 Å². The zero-order chi connectivity index (χ0) is 21.4. The van der Waals surface area contributed by atoms with Gasteiger partial charge in [-0.1, -0.05) is 59.3 Å². The minimum Gasteiger partial charge on any atom is -0.507 e. The molecule has 1 aromatic heterocycles. The topological polar surface area (TPSA) is 61.1 Å². The molecule has 31 heavy (non-hydrogen) atoms. The van der Waals surface area contributed by atoms with Crippen molar-refractivity contribution in [1.29, 1.82) is 0 Å². The monoisotopic (exact) mass is 444 g/mol. The molecule has 0 saturated heterocycles. The third-order valence-electron chi connectivity index (χ3n) is 4.85. The minimum absolute atomic E-state index is 0.198. The lowest BCUT2D eigenvalue weighted by Gasteiger charge is -2.15. The average Bonchev–Trinajstić information content (AvgIpc) is 3.31. The summed E-state index contributed by atoms with van der Waals surface area (Å²) in [5.74, 6) is 0.824. The summed E-state index contributed by atoms with van der Waals surface area (Å²) in [5.41, 5.74) is 3.98. The number of hydrogen-bond acceptors (Lipinski definition) is 5. The summed E-state index contributed by atoms with van der Waals surface area (Å²) < 4.78 is 1.07. The number of thiazole rings is 1. The van der Waals surface area contributed by atoms with Gasteiger partial charge in [0, 0.05) is 16.2 Å². The number of hydrazone groups is 1. The van der Waals surface area contributed by atoms with Gasteiger partial charge in [-0.3, -0.25) is 0 Å². The van der Waals surface area contributed by atoms with Crippen molar-refractivity contribution < 1.29 is 5.11 Å². The van der Waals surface area contributed by atoms with Crippen molar-refractivity contribution in [2.24, 2.45) is 10.1 Å². The van der Waals surface area contributed by atoms with E-state index in [2.05, 4.69) is 4.98 Å². The van der Waals surface area contributed by atoms with Crippen LogP contribution in [0, 0.1) is 0 Å². The van der Waals surface area contributed by atoms with E-state index in [4.69, 9.17) is 21.7 Å². The van der Waals surface area contributed by atoms with Gasteiger partial charge in [-0.25, -0.2) is 9.99 Å². The highest BCUT2D eigenvalue weighted by molar-refractivity contribution is 7.22. The molecule has 2 heterocycles. The number of hydrogen-bond donors (Lipinski definition) is 1. The number of para-hydroxylation sites is 2. The minimum atomic E-state index is 0.198. The Bertz CT molecular complexity index is 1360. The maximum absolute atomic E-state index is 10.3. The number of aliphatic imine (C=N–C) groups is 1. The molecule has 0 spiro atoms. The summed E-state index contributed by atoms with van der Waals surface area (Å²) in [5, 5.41) is 18.0. The molecule has 1 aliphatic rings. The van der Waals surface area contributed by atoms with E-state index >= 15 is 0 Å². The van der Waals surface area contributed by atoms with Crippen LogP contribution in [-0.2, 0) is 0 Å². The molecule has 0 fully saturated rings. The predicted molar refractivity (Wildman–Crippen MR) is 130 cm³/mol. The zero-order valence-corrected chi connectivity index (χ0v) is 18.1. The Kier molecular flexibility index (Phi) is 5.02. The smallest absolute Gasteiger partial charge is 0.212 e. The fourth-order valence-corrected chi connectivity index (χ4v) is 4.38. The molecule has 0 radical (unpaired) electrons. The van der Waals surface area contributed by atoms with Gasteiger partial charge in [0.15, 0.2) is 5.84 Å². The molecule has 0 bridgehead atoms. The van der Waals surface area contributed by atoms with Crippen molar-refractivity contribution in [2.45, 2.75) is 6.92 Å². The number of phenolic OH excluding ortho intramolecular Hbond substituents is 1. The van der Waals surface area contributed by atoms with Crippen LogP contribution in [0.25, 0.3) is 16.3 Å². The summed E-state index contributed by atoms with van der Waals surface area (Å²) in [7, 11) is 0. The van der Waals surface area contributed by atoms with E-state index in [1.807, 2.05) is 73.7 Å². The number of amidine groups is 1. The molecule has 3 aromatic carbocycles. The normalized spacial score (nSPS) is 16.5. The molecular formula is C24H17ClN4OS. The highest BCUT2D eigenvalue weighted by atomic mass is 35.5. The second kappa shape index (κ2) is 7.98. The number of anilines is 1. The Labute approximate surface area is 188 Å². The van der Waals surface area contributed by atoms with Crippen LogP contribution in [0.4, 0.5) is 10.8 Å². The maximum Gasteiger partial charge on any atom is 0.212 e. The van der Waals surface area contributed by atoms with Crippen LogP contribution < -0.4 is 5.01 Å². The van der Waals surface area contributed by atoms with Crippen molar-refractivity contribution in [1.82, 2.24) is 4.98 Å². The highest BCUT2D eigenvalue weighted by Gasteiger charge is 2.28. The predicted octanol–water partition coefficient (Wildman–Crippen LogP) is 6.67. The van der Waals surface area contributed by atoms with E-state index in [1.165, 1.54) is 11.3 Å². The van der Waals surface area contributed by atoms with Crippen molar-refractivity contribution >= 4 is 61.6 Å². The van der Waals surface area contributed by atoms with Gasteiger partial charge in [-0.15, -0.1) is 0 Å². The molecule has 152 valence electrons. The Morgan fingerprint density at radius 3 is 2.65 bits per heavy atom. The Balaban J connectivity index is 1.68. The third kappa shape index (κ3) is 3.83. The summed E-state index contributed by atoms with van der Waals surface area (Å²) in [6.07, 6.45) is 1.89. The Morgan fingerprint density at radius 2 is 1.84 bits per heavy atom. The number of fused-ring (bicyclic) bond motifs is 1. The van der Waals surface area contributed by atoms with E-state index in [9.17, 15) is 5.11 Å². The fourth-order valence-electron chi connectivity index (χ4n) is 3.36. The molecule has 1 N–H and O–H groups in total. The molecule has 0 saturated carbocycles. The number of aromatic nitrogens is 1. The first kappa shape index (κ1) is 19.5. The van der Waals surface area contributed by atoms with Crippen LogP contribution in [0.5, 0.6) is 5.75 Å². The van der Waals surface area contributed by atoms with E-state index in [1.54, 1.807) is 17.1 Å². The molecular weight excluding hydrogens is 428 g/mol. The summed E-state index contributed by atoms with van der Waals surface area (Å²) in [6.45, 7) is 1.92. The molecule has 0 amide bonds. The molecule has 1 aliphatic heterocycles. The third-order valence-corrected chi connectivity index (χ3v) is 6.02. The Hall–Kier alpha value is -3.48. The maximum atomic E-state index is 10.3. The number of nitrogens with zero attached hydrogens (tertiary/aromatic N) is 4. The SMILES string of the molecule is CC1=NN(c2cccc(Cl)c2)C(=N/c2nc3ccccc3s2)/C1=C\c1ccccc1O. The van der Waals surface area contributed by atoms with Gasteiger partial charge in [0.2, 0.25) is 5.13 Å². The molecule has 5 rings (SSSR count). The van der Waals surface area contributed by atoms with Gasteiger partial charge in [0.25, 0.3) is 0 Å².